The first-order valence-electron chi connectivity index (χ1n) is 10.3. The van der Waals surface area contributed by atoms with Gasteiger partial charge < -0.3 is 13.6 Å². The number of benzene rings is 2. The molecule has 2 aromatic carbocycles. The third-order valence-corrected chi connectivity index (χ3v) is 5.41. The minimum atomic E-state index is -0.543. The number of fused-ring (bicyclic) bond motifs is 1. The third-order valence-electron chi connectivity index (χ3n) is 5.41. The summed E-state index contributed by atoms with van der Waals surface area (Å²) in [7, 11) is 0. The van der Waals surface area contributed by atoms with Gasteiger partial charge >= 0.3 is 5.69 Å². The van der Waals surface area contributed by atoms with Gasteiger partial charge in [-0.05, 0) is 42.8 Å². The molecule has 1 atom stereocenters. The van der Waals surface area contributed by atoms with Gasteiger partial charge in [0.1, 0.15) is 23.1 Å². The molecule has 1 amide bonds. The van der Waals surface area contributed by atoms with Crippen molar-refractivity contribution in [2.45, 2.75) is 19.4 Å². The number of aryl methyl sites for hydroxylation is 1. The number of carbonyl (C=O) groups is 1. The highest BCUT2D eigenvalue weighted by molar-refractivity contribution is 6.03. The fourth-order valence-electron chi connectivity index (χ4n) is 3.81. The molecule has 0 fully saturated rings. The van der Waals surface area contributed by atoms with Crippen LogP contribution in [0.4, 0.5) is 5.69 Å². The number of nitrogens with zero attached hydrogens (tertiary/aromatic N) is 3. The van der Waals surface area contributed by atoms with Gasteiger partial charge in [-0.2, -0.15) is 5.10 Å². The lowest BCUT2D eigenvalue weighted by Gasteiger charge is -2.20. The Balaban J connectivity index is 1.42. The Morgan fingerprint density at radius 1 is 1.21 bits per heavy atom. The zero-order chi connectivity index (χ0) is 22.9. The summed E-state index contributed by atoms with van der Waals surface area (Å²) >= 11 is 0. The van der Waals surface area contributed by atoms with Gasteiger partial charge in [-0.1, -0.05) is 24.3 Å². The van der Waals surface area contributed by atoms with Gasteiger partial charge in [0.25, 0.3) is 5.91 Å². The maximum Gasteiger partial charge on any atom is 0.310 e. The second kappa shape index (κ2) is 8.27. The molecule has 0 saturated heterocycles. The summed E-state index contributed by atoms with van der Waals surface area (Å²) in [4.78, 5) is 23.8. The fraction of sp³-hybridized carbons (Fsp3) is 0.167. The predicted molar refractivity (Wildman–Crippen MR) is 119 cm³/mol. The first-order chi connectivity index (χ1) is 16.0. The van der Waals surface area contributed by atoms with E-state index >= 15 is 0 Å². The minimum Gasteiger partial charge on any atom is -0.477 e. The SMILES string of the molecule is Cc1ccc([N+](=O)[O-])c(OCC(=O)N2N=C(c3cc4ccccc4o3)CC2c2ccco2)c1. The zero-order valence-electron chi connectivity index (χ0n) is 17.6. The summed E-state index contributed by atoms with van der Waals surface area (Å²) in [6.45, 7) is 1.37. The Labute approximate surface area is 188 Å². The normalized spacial score (nSPS) is 15.6. The van der Waals surface area contributed by atoms with Crippen LogP contribution in [0.25, 0.3) is 11.0 Å². The van der Waals surface area contributed by atoms with Crippen LogP contribution in [0.15, 0.2) is 80.9 Å². The lowest BCUT2D eigenvalue weighted by molar-refractivity contribution is -0.385. The summed E-state index contributed by atoms with van der Waals surface area (Å²) in [6.07, 6.45) is 1.92. The van der Waals surface area contributed by atoms with Gasteiger partial charge in [0.15, 0.2) is 18.1 Å². The van der Waals surface area contributed by atoms with Crippen LogP contribution < -0.4 is 4.74 Å². The number of hydrogen-bond acceptors (Lipinski definition) is 7. The summed E-state index contributed by atoms with van der Waals surface area (Å²) in [5.41, 5.74) is 1.90. The summed E-state index contributed by atoms with van der Waals surface area (Å²) in [5.74, 6) is 0.708. The molecule has 1 aliphatic rings. The standard InChI is InChI=1S/C24H19N3O6/c1-15-8-9-18(27(29)30)23(11-15)32-14-24(28)26-19(21-7-4-10-31-21)13-17(25-26)22-12-16-5-2-3-6-20(16)33-22/h2-12,19H,13-14H2,1H3. The Kier molecular flexibility index (Phi) is 5.14. The average molecular weight is 445 g/mol. The van der Waals surface area contributed by atoms with Gasteiger partial charge in [0, 0.05) is 17.9 Å². The topological polar surface area (TPSA) is 111 Å². The molecule has 9 nitrogen and oxygen atoms in total. The van der Waals surface area contributed by atoms with Crippen LogP contribution >= 0.6 is 0 Å². The summed E-state index contributed by atoms with van der Waals surface area (Å²) in [5, 5.41) is 18.0. The van der Waals surface area contributed by atoms with Gasteiger partial charge in [-0.3, -0.25) is 14.9 Å². The molecule has 1 aliphatic heterocycles. The predicted octanol–water partition coefficient (Wildman–Crippen LogP) is 5.00. The molecular formula is C24H19N3O6. The number of nitro benzene ring substituents is 1. The van der Waals surface area contributed by atoms with E-state index in [2.05, 4.69) is 5.10 Å². The van der Waals surface area contributed by atoms with E-state index in [1.165, 1.54) is 23.4 Å². The minimum absolute atomic E-state index is 0.0311. The van der Waals surface area contributed by atoms with Crippen LogP contribution in [0.1, 0.15) is 29.5 Å². The second-order valence-corrected chi connectivity index (χ2v) is 7.69. The van der Waals surface area contributed by atoms with E-state index in [1.54, 1.807) is 25.1 Å². The van der Waals surface area contributed by atoms with Crippen molar-refractivity contribution in [1.82, 2.24) is 5.01 Å². The van der Waals surface area contributed by atoms with Crippen LogP contribution in [0.2, 0.25) is 0 Å². The molecule has 2 aromatic heterocycles. The van der Waals surface area contributed by atoms with Crippen LogP contribution in [-0.4, -0.2) is 28.2 Å². The molecule has 0 saturated carbocycles. The first kappa shape index (κ1) is 20.5. The monoisotopic (exact) mass is 445 g/mol. The van der Waals surface area contributed by atoms with Crippen LogP contribution in [0, 0.1) is 17.0 Å². The Bertz CT molecular complexity index is 1340. The smallest absolute Gasteiger partial charge is 0.310 e. The molecule has 1 unspecified atom stereocenters. The molecule has 0 spiro atoms. The van der Waals surface area contributed by atoms with Crippen LogP contribution in [-0.2, 0) is 4.79 Å². The Morgan fingerprint density at radius 2 is 2.06 bits per heavy atom. The number of ether oxygens (including phenoxy) is 1. The van der Waals surface area contributed by atoms with E-state index in [0.717, 1.165) is 16.5 Å². The van der Waals surface area contributed by atoms with Gasteiger partial charge in [0.05, 0.1) is 11.2 Å². The van der Waals surface area contributed by atoms with Crippen molar-refractivity contribution in [3.8, 4) is 5.75 Å². The number of nitro groups is 1. The zero-order valence-corrected chi connectivity index (χ0v) is 17.6. The van der Waals surface area contributed by atoms with Crippen LogP contribution in [0.3, 0.4) is 0 Å². The Hall–Kier alpha value is -4.40. The van der Waals surface area contributed by atoms with Gasteiger partial charge in [-0.25, -0.2) is 5.01 Å². The molecule has 0 N–H and O–H groups in total. The molecule has 0 bridgehead atoms. The number of para-hydroxylation sites is 1. The molecule has 0 aliphatic carbocycles. The summed E-state index contributed by atoms with van der Waals surface area (Å²) < 4.78 is 17.0. The maximum absolute atomic E-state index is 13.1. The lowest BCUT2D eigenvalue weighted by Crippen LogP contribution is -2.31. The maximum atomic E-state index is 13.1. The lowest BCUT2D eigenvalue weighted by atomic mass is 10.1. The van der Waals surface area contributed by atoms with Crippen molar-refractivity contribution in [3.05, 3.63) is 94.1 Å². The van der Waals surface area contributed by atoms with Crippen molar-refractivity contribution in [2.75, 3.05) is 6.61 Å². The third kappa shape index (κ3) is 3.96. The van der Waals surface area contributed by atoms with Crippen molar-refractivity contribution < 1.29 is 23.3 Å². The van der Waals surface area contributed by atoms with Crippen LogP contribution in [0.5, 0.6) is 5.75 Å². The fourth-order valence-corrected chi connectivity index (χ4v) is 3.81. The van der Waals surface area contributed by atoms with Crippen molar-refractivity contribution >= 4 is 28.3 Å². The summed E-state index contributed by atoms with van der Waals surface area (Å²) in [6, 6.07) is 17.0. The van der Waals surface area contributed by atoms with Gasteiger partial charge in [-0.15, -0.1) is 0 Å². The van der Waals surface area contributed by atoms with E-state index in [0.29, 0.717) is 23.7 Å². The number of carbonyl (C=O) groups excluding carboxylic acids is 1. The molecule has 166 valence electrons. The highest BCUT2D eigenvalue weighted by Gasteiger charge is 2.36. The van der Waals surface area contributed by atoms with Gasteiger partial charge in [0.2, 0.25) is 0 Å². The first-order valence-corrected chi connectivity index (χ1v) is 10.3. The van der Waals surface area contributed by atoms with Crippen molar-refractivity contribution in [1.29, 1.82) is 0 Å². The second-order valence-electron chi connectivity index (χ2n) is 7.69. The average Bonchev–Trinajstić information content (AvgIpc) is 3.55. The van der Waals surface area contributed by atoms with E-state index in [4.69, 9.17) is 13.6 Å². The molecule has 5 rings (SSSR count). The number of hydrogen-bond donors (Lipinski definition) is 0. The molecule has 3 heterocycles. The van der Waals surface area contributed by atoms with E-state index in [9.17, 15) is 14.9 Å². The highest BCUT2D eigenvalue weighted by Crippen LogP contribution is 2.35. The molecule has 0 radical (unpaired) electrons. The number of furan rings is 2. The quantitative estimate of drug-likeness (QED) is 0.305. The number of hydrazone groups is 1. The largest absolute Gasteiger partial charge is 0.477 e. The van der Waals surface area contributed by atoms with Crippen molar-refractivity contribution in [2.24, 2.45) is 5.10 Å². The number of amides is 1. The van der Waals surface area contributed by atoms with E-state index < -0.39 is 23.5 Å². The Morgan fingerprint density at radius 3 is 2.82 bits per heavy atom. The molecule has 33 heavy (non-hydrogen) atoms. The van der Waals surface area contributed by atoms with E-state index in [-0.39, 0.29) is 11.4 Å². The van der Waals surface area contributed by atoms with Crippen molar-refractivity contribution in [3.63, 3.8) is 0 Å². The molecule has 4 aromatic rings. The highest BCUT2D eigenvalue weighted by atomic mass is 16.6. The molecule has 9 heteroatoms. The van der Waals surface area contributed by atoms with E-state index in [1.807, 2.05) is 30.3 Å². The number of rotatable bonds is 6. The molecular weight excluding hydrogens is 426 g/mol.